The third kappa shape index (κ3) is 2.16. The van der Waals surface area contributed by atoms with Gasteiger partial charge in [-0.3, -0.25) is 9.59 Å². The zero-order valence-corrected chi connectivity index (χ0v) is 10.2. The Labute approximate surface area is 100.0 Å². The van der Waals surface area contributed by atoms with E-state index in [-0.39, 0.29) is 11.7 Å². The maximum absolute atomic E-state index is 11.9. The lowest BCUT2D eigenvalue weighted by atomic mass is 9.94. The Morgan fingerprint density at radius 1 is 1.41 bits per heavy atom. The van der Waals surface area contributed by atoms with E-state index in [4.69, 9.17) is 4.74 Å². The molecule has 0 aromatic heterocycles. The topological polar surface area (TPSA) is 55.4 Å². The van der Waals surface area contributed by atoms with Gasteiger partial charge in [0.25, 0.3) is 0 Å². The summed E-state index contributed by atoms with van der Waals surface area (Å²) in [5.41, 5.74) is 0.552. The van der Waals surface area contributed by atoms with E-state index >= 15 is 0 Å². The standard InChI is InChI=1S/C13H15NO3/c1-8(15)9-4-5-11-10(6-9)14-12(16)13(2,3)7-17-11/h4-6H,7H2,1-3H3,(H,14,16). The van der Waals surface area contributed by atoms with Crippen molar-refractivity contribution in [3.8, 4) is 5.75 Å². The molecule has 1 aromatic carbocycles. The summed E-state index contributed by atoms with van der Waals surface area (Å²) in [5, 5.41) is 2.79. The van der Waals surface area contributed by atoms with Crippen molar-refractivity contribution in [1.29, 1.82) is 0 Å². The van der Waals surface area contributed by atoms with Crippen molar-refractivity contribution < 1.29 is 14.3 Å². The van der Waals surface area contributed by atoms with Crippen LogP contribution in [0.3, 0.4) is 0 Å². The normalized spacial score (nSPS) is 17.5. The summed E-state index contributed by atoms with van der Waals surface area (Å²) >= 11 is 0. The van der Waals surface area contributed by atoms with Crippen LogP contribution in [0.5, 0.6) is 5.75 Å². The number of nitrogens with one attached hydrogen (secondary N) is 1. The molecule has 1 aliphatic rings. The predicted molar refractivity (Wildman–Crippen MR) is 64.4 cm³/mol. The molecule has 0 atom stereocenters. The molecule has 0 unspecified atom stereocenters. The highest BCUT2D eigenvalue weighted by Crippen LogP contribution is 2.32. The van der Waals surface area contributed by atoms with E-state index < -0.39 is 5.41 Å². The Morgan fingerprint density at radius 2 is 2.12 bits per heavy atom. The second kappa shape index (κ2) is 3.87. The Kier molecular flexibility index (Phi) is 2.65. The van der Waals surface area contributed by atoms with E-state index in [9.17, 15) is 9.59 Å². The molecular weight excluding hydrogens is 218 g/mol. The van der Waals surface area contributed by atoms with Gasteiger partial charge in [0.15, 0.2) is 5.78 Å². The highest BCUT2D eigenvalue weighted by molar-refractivity contribution is 6.00. The summed E-state index contributed by atoms with van der Waals surface area (Å²) in [4.78, 5) is 23.2. The number of ketones is 1. The van der Waals surface area contributed by atoms with Gasteiger partial charge in [-0.05, 0) is 39.0 Å². The van der Waals surface area contributed by atoms with Crippen molar-refractivity contribution in [2.45, 2.75) is 20.8 Å². The second-order valence-corrected chi connectivity index (χ2v) is 4.89. The van der Waals surface area contributed by atoms with E-state index in [1.807, 2.05) is 13.8 Å². The fraction of sp³-hybridized carbons (Fsp3) is 0.385. The third-order valence-electron chi connectivity index (χ3n) is 2.84. The smallest absolute Gasteiger partial charge is 0.233 e. The van der Waals surface area contributed by atoms with Crippen LogP contribution in [0.4, 0.5) is 5.69 Å². The van der Waals surface area contributed by atoms with Gasteiger partial charge in [-0.25, -0.2) is 0 Å². The van der Waals surface area contributed by atoms with Gasteiger partial charge in [-0.15, -0.1) is 0 Å². The molecule has 1 amide bonds. The molecule has 1 aliphatic heterocycles. The largest absolute Gasteiger partial charge is 0.490 e. The summed E-state index contributed by atoms with van der Waals surface area (Å²) < 4.78 is 5.57. The fourth-order valence-corrected chi connectivity index (χ4v) is 1.59. The molecule has 0 saturated heterocycles. The van der Waals surface area contributed by atoms with Gasteiger partial charge in [0.1, 0.15) is 12.4 Å². The van der Waals surface area contributed by atoms with E-state index in [0.717, 1.165) is 0 Å². The predicted octanol–water partition coefficient (Wildman–Crippen LogP) is 2.25. The summed E-state index contributed by atoms with van der Waals surface area (Å²) in [6, 6.07) is 5.07. The van der Waals surface area contributed by atoms with E-state index in [0.29, 0.717) is 23.6 Å². The van der Waals surface area contributed by atoms with Gasteiger partial charge in [0, 0.05) is 5.56 Å². The molecule has 4 nitrogen and oxygen atoms in total. The summed E-state index contributed by atoms with van der Waals surface area (Å²) in [5.74, 6) is 0.469. The summed E-state index contributed by atoms with van der Waals surface area (Å²) in [6.07, 6.45) is 0. The van der Waals surface area contributed by atoms with E-state index in [1.54, 1.807) is 18.2 Å². The maximum Gasteiger partial charge on any atom is 0.233 e. The molecule has 2 rings (SSSR count). The van der Waals surface area contributed by atoms with E-state index in [1.165, 1.54) is 6.92 Å². The maximum atomic E-state index is 11.9. The zero-order valence-electron chi connectivity index (χ0n) is 10.2. The van der Waals surface area contributed by atoms with E-state index in [2.05, 4.69) is 5.32 Å². The van der Waals surface area contributed by atoms with Crippen LogP contribution in [-0.2, 0) is 4.79 Å². The van der Waals surface area contributed by atoms with Gasteiger partial charge < -0.3 is 10.1 Å². The molecule has 0 radical (unpaired) electrons. The van der Waals surface area contributed by atoms with Crippen molar-refractivity contribution in [3.05, 3.63) is 23.8 Å². The number of ether oxygens (including phenoxy) is 1. The molecule has 0 spiro atoms. The first-order valence-electron chi connectivity index (χ1n) is 5.49. The molecule has 1 aromatic rings. The van der Waals surface area contributed by atoms with Crippen molar-refractivity contribution in [1.82, 2.24) is 0 Å². The Bertz CT molecular complexity index is 491. The van der Waals surface area contributed by atoms with Crippen LogP contribution in [-0.4, -0.2) is 18.3 Å². The number of carbonyl (C=O) groups excluding carboxylic acids is 2. The summed E-state index contributed by atoms with van der Waals surface area (Å²) in [6.45, 7) is 5.45. The van der Waals surface area contributed by atoms with Crippen LogP contribution >= 0.6 is 0 Å². The minimum absolute atomic E-state index is 0.0365. The number of rotatable bonds is 1. The zero-order chi connectivity index (χ0) is 12.6. The molecule has 1 N–H and O–H groups in total. The van der Waals surface area contributed by atoms with Crippen LogP contribution in [0.15, 0.2) is 18.2 Å². The number of hydrogen-bond acceptors (Lipinski definition) is 3. The molecule has 90 valence electrons. The Morgan fingerprint density at radius 3 is 2.76 bits per heavy atom. The van der Waals surface area contributed by atoms with Gasteiger partial charge in [0.2, 0.25) is 5.91 Å². The number of hydrogen-bond donors (Lipinski definition) is 1. The first-order valence-corrected chi connectivity index (χ1v) is 5.49. The Hall–Kier alpha value is -1.84. The van der Waals surface area contributed by atoms with Gasteiger partial charge in [0.05, 0.1) is 11.1 Å². The molecule has 0 saturated carbocycles. The number of fused-ring (bicyclic) bond motifs is 1. The van der Waals surface area contributed by atoms with Crippen LogP contribution in [0.1, 0.15) is 31.1 Å². The first-order chi connectivity index (χ1) is 7.90. The first kappa shape index (κ1) is 11.6. The van der Waals surface area contributed by atoms with Crippen LogP contribution in [0, 0.1) is 5.41 Å². The number of carbonyl (C=O) groups is 2. The molecule has 1 heterocycles. The summed E-state index contributed by atoms with van der Waals surface area (Å²) in [7, 11) is 0. The third-order valence-corrected chi connectivity index (χ3v) is 2.84. The molecule has 4 heteroatoms. The van der Waals surface area contributed by atoms with Crippen molar-refractivity contribution in [3.63, 3.8) is 0 Å². The number of anilines is 1. The van der Waals surface area contributed by atoms with Crippen molar-refractivity contribution >= 4 is 17.4 Å². The van der Waals surface area contributed by atoms with Crippen LogP contribution in [0.25, 0.3) is 0 Å². The molecule has 0 aliphatic carbocycles. The van der Waals surface area contributed by atoms with Crippen molar-refractivity contribution in [2.75, 3.05) is 11.9 Å². The monoisotopic (exact) mass is 233 g/mol. The highest BCUT2D eigenvalue weighted by atomic mass is 16.5. The number of Topliss-reactive ketones (excluding diaryl/α,β-unsaturated/α-hetero) is 1. The minimum Gasteiger partial charge on any atom is -0.490 e. The molecule has 0 bridgehead atoms. The van der Waals surface area contributed by atoms with Gasteiger partial charge >= 0.3 is 0 Å². The van der Waals surface area contributed by atoms with Gasteiger partial charge in [-0.1, -0.05) is 0 Å². The lowest BCUT2D eigenvalue weighted by Gasteiger charge is -2.18. The minimum atomic E-state index is -0.574. The fourth-order valence-electron chi connectivity index (χ4n) is 1.59. The van der Waals surface area contributed by atoms with Crippen LogP contribution < -0.4 is 10.1 Å². The lowest BCUT2D eigenvalue weighted by molar-refractivity contribution is -0.124. The van der Waals surface area contributed by atoms with Crippen molar-refractivity contribution in [2.24, 2.45) is 5.41 Å². The second-order valence-electron chi connectivity index (χ2n) is 4.89. The molecular formula is C13H15NO3. The number of benzene rings is 1. The SMILES string of the molecule is CC(=O)c1ccc2c(c1)NC(=O)C(C)(C)CO2. The average Bonchev–Trinajstić information content (AvgIpc) is 2.36. The van der Waals surface area contributed by atoms with Crippen LogP contribution in [0.2, 0.25) is 0 Å². The number of amides is 1. The quantitative estimate of drug-likeness (QED) is 0.757. The Balaban J connectivity index is 2.41. The average molecular weight is 233 g/mol. The van der Waals surface area contributed by atoms with Gasteiger partial charge in [-0.2, -0.15) is 0 Å². The lowest BCUT2D eigenvalue weighted by Crippen LogP contribution is -2.33. The molecule has 0 fully saturated rings. The highest BCUT2D eigenvalue weighted by Gasteiger charge is 2.32. The molecule has 17 heavy (non-hydrogen) atoms.